The van der Waals surface area contributed by atoms with Gasteiger partial charge in [0, 0.05) is 11.3 Å². The van der Waals surface area contributed by atoms with Gasteiger partial charge in [-0.3, -0.25) is 9.59 Å². The maximum absolute atomic E-state index is 12.9. The third-order valence-electron chi connectivity index (χ3n) is 4.68. The minimum absolute atomic E-state index is 0.0667. The van der Waals surface area contributed by atoms with Crippen LogP contribution in [-0.2, 0) is 15.8 Å². The molecule has 0 saturated carbocycles. The van der Waals surface area contributed by atoms with Gasteiger partial charge in [-0.2, -0.15) is 13.2 Å². The summed E-state index contributed by atoms with van der Waals surface area (Å²) < 4.78 is 44.5. The Morgan fingerprint density at radius 2 is 1.77 bits per heavy atom. The van der Waals surface area contributed by atoms with Crippen LogP contribution in [0.1, 0.15) is 11.1 Å². The smallest absolute Gasteiger partial charge is 0.416 e. The van der Waals surface area contributed by atoms with Gasteiger partial charge < -0.3 is 15.4 Å². The summed E-state index contributed by atoms with van der Waals surface area (Å²) in [5.41, 5.74) is 0.435. The van der Waals surface area contributed by atoms with E-state index in [4.69, 9.17) is 4.74 Å². The van der Waals surface area contributed by atoms with Gasteiger partial charge in [0.2, 0.25) is 0 Å². The van der Waals surface area contributed by atoms with Gasteiger partial charge in [-0.05, 0) is 54.2 Å². The molecule has 178 valence electrons. The second-order valence-corrected chi connectivity index (χ2v) is 8.30. The summed E-state index contributed by atoms with van der Waals surface area (Å²) in [6, 6.07) is 20.3. The van der Waals surface area contributed by atoms with E-state index in [2.05, 4.69) is 15.6 Å². The Kier molecular flexibility index (Phi) is 7.21. The van der Waals surface area contributed by atoms with Crippen LogP contribution in [0.15, 0.2) is 88.8 Å². The summed E-state index contributed by atoms with van der Waals surface area (Å²) >= 11 is 0.991. The van der Waals surface area contributed by atoms with Crippen LogP contribution in [0, 0.1) is 0 Å². The van der Waals surface area contributed by atoms with E-state index in [1.54, 1.807) is 54.6 Å². The zero-order valence-electron chi connectivity index (χ0n) is 18.0. The fourth-order valence-corrected chi connectivity index (χ4v) is 3.92. The van der Waals surface area contributed by atoms with Crippen molar-refractivity contribution in [1.82, 2.24) is 5.32 Å². The molecule has 0 atom stereocenters. The first kappa shape index (κ1) is 24.1. The molecule has 6 nitrogen and oxygen atoms in total. The Morgan fingerprint density at radius 1 is 1.03 bits per heavy atom. The van der Waals surface area contributed by atoms with Gasteiger partial charge in [0.25, 0.3) is 11.8 Å². The highest BCUT2D eigenvalue weighted by Gasteiger charge is 2.30. The molecule has 2 amide bonds. The molecular formula is C25H18F3N3O3S. The van der Waals surface area contributed by atoms with Crippen molar-refractivity contribution in [2.45, 2.75) is 6.18 Å². The van der Waals surface area contributed by atoms with Gasteiger partial charge in [0.05, 0.1) is 16.2 Å². The third-order valence-corrected chi connectivity index (χ3v) is 5.59. The van der Waals surface area contributed by atoms with Crippen LogP contribution in [0.25, 0.3) is 6.08 Å². The molecule has 0 radical (unpaired) electrons. The van der Waals surface area contributed by atoms with E-state index in [1.165, 1.54) is 12.1 Å². The van der Waals surface area contributed by atoms with Gasteiger partial charge in [0.15, 0.2) is 11.8 Å². The highest BCUT2D eigenvalue weighted by atomic mass is 32.2. The van der Waals surface area contributed by atoms with E-state index in [-0.39, 0.29) is 28.3 Å². The Hall–Kier alpha value is -4.05. The molecule has 3 aromatic carbocycles. The van der Waals surface area contributed by atoms with Crippen molar-refractivity contribution < 1.29 is 27.5 Å². The number of thioether (sulfide) groups is 1. The number of nitrogens with zero attached hydrogens (tertiary/aromatic N) is 1. The van der Waals surface area contributed by atoms with Crippen molar-refractivity contribution in [2.24, 2.45) is 4.99 Å². The maximum atomic E-state index is 12.9. The number of amidine groups is 1. The monoisotopic (exact) mass is 497 g/mol. The number of halogens is 3. The summed E-state index contributed by atoms with van der Waals surface area (Å²) in [7, 11) is 0. The van der Waals surface area contributed by atoms with Crippen LogP contribution in [0.3, 0.4) is 0 Å². The number of hydrogen-bond acceptors (Lipinski definition) is 5. The lowest BCUT2D eigenvalue weighted by molar-refractivity contribution is -0.137. The molecule has 35 heavy (non-hydrogen) atoms. The summed E-state index contributed by atoms with van der Waals surface area (Å²) in [6.45, 7) is -0.239. The van der Waals surface area contributed by atoms with Gasteiger partial charge in [-0.1, -0.05) is 42.5 Å². The number of para-hydroxylation sites is 2. The number of nitrogens with one attached hydrogen (secondary N) is 2. The molecule has 3 aromatic rings. The van der Waals surface area contributed by atoms with E-state index < -0.39 is 17.6 Å². The normalized spacial score (nSPS) is 15.8. The molecule has 1 aliphatic rings. The van der Waals surface area contributed by atoms with Gasteiger partial charge in [-0.25, -0.2) is 4.99 Å². The fraction of sp³-hybridized carbons (Fsp3) is 0.0800. The van der Waals surface area contributed by atoms with Gasteiger partial charge >= 0.3 is 6.18 Å². The summed E-state index contributed by atoms with van der Waals surface area (Å²) in [5, 5.41) is 5.42. The molecule has 1 aliphatic heterocycles. The largest absolute Gasteiger partial charge is 0.483 e. The lowest BCUT2D eigenvalue weighted by Gasteiger charge is -2.10. The molecule has 1 saturated heterocycles. The number of rotatable bonds is 6. The fourth-order valence-electron chi connectivity index (χ4n) is 3.08. The van der Waals surface area contributed by atoms with Crippen molar-refractivity contribution >= 4 is 46.2 Å². The average Bonchev–Trinajstić information content (AvgIpc) is 3.17. The molecule has 4 rings (SSSR count). The molecule has 0 aromatic heterocycles. The van der Waals surface area contributed by atoms with Gasteiger partial charge in [-0.15, -0.1) is 0 Å². The van der Waals surface area contributed by atoms with Crippen molar-refractivity contribution in [3.05, 3.63) is 94.9 Å². The molecule has 10 heteroatoms. The highest BCUT2D eigenvalue weighted by molar-refractivity contribution is 8.18. The molecule has 0 bridgehead atoms. The summed E-state index contributed by atoms with van der Waals surface area (Å²) in [6.07, 6.45) is -2.92. The predicted octanol–water partition coefficient (Wildman–Crippen LogP) is 5.61. The third kappa shape index (κ3) is 6.51. The number of carbonyl (C=O) groups is 2. The Bertz CT molecular complexity index is 1310. The lowest BCUT2D eigenvalue weighted by atomic mass is 10.2. The average molecular weight is 497 g/mol. The SMILES string of the molecule is O=C(COc1ccccc1/C=C1/SC(=Nc2cccc(C(F)(F)F)c2)NC1=O)Nc1ccccc1. The van der Waals surface area contributed by atoms with Crippen molar-refractivity contribution in [3.63, 3.8) is 0 Å². The molecule has 2 N–H and O–H groups in total. The number of hydrogen-bond donors (Lipinski definition) is 2. The van der Waals surface area contributed by atoms with Crippen LogP contribution in [0.4, 0.5) is 24.5 Å². The lowest BCUT2D eigenvalue weighted by Crippen LogP contribution is -2.20. The zero-order chi connectivity index (χ0) is 24.8. The number of ether oxygens (including phenoxy) is 1. The minimum Gasteiger partial charge on any atom is -0.483 e. The first-order valence-corrected chi connectivity index (χ1v) is 11.1. The summed E-state index contributed by atoms with van der Waals surface area (Å²) in [5.74, 6) is -0.403. The number of carbonyl (C=O) groups excluding carboxylic acids is 2. The van der Waals surface area contributed by atoms with Crippen molar-refractivity contribution in [1.29, 1.82) is 0 Å². The Balaban J connectivity index is 1.46. The van der Waals surface area contributed by atoms with E-state index in [0.717, 1.165) is 23.9 Å². The number of anilines is 1. The quantitative estimate of drug-likeness (QED) is 0.434. The Morgan fingerprint density at radius 3 is 2.54 bits per heavy atom. The highest BCUT2D eigenvalue weighted by Crippen LogP contribution is 2.33. The molecular weight excluding hydrogens is 479 g/mol. The number of benzene rings is 3. The standard InChI is InChI=1S/C25H18F3N3O3S/c26-25(27,28)17-8-6-11-19(14-17)30-24-31-23(33)21(35-24)13-16-7-4-5-12-20(16)34-15-22(32)29-18-9-2-1-3-10-18/h1-14H,15H2,(H,29,32)(H,30,31,33)/b21-13+. The number of alkyl halides is 3. The minimum atomic E-state index is -4.49. The van der Waals surface area contributed by atoms with E-state index >= 15 is 0 Å². The topological polar surface area (TPSA) is 79.8 Å². The number of aliphatic imine (C=N–C) groups is 1. The van der Waals surface area contributed by atoms with E-state index in [0.29, 0.717) is 17.0 Å². The molecule has 0 spiro atoms. The summed E-state index contributed by atoms with van der Waals surface area (Å²) in [4.78, 5) is 29.0. The Labute approximate surface area is 202 Å². The van der Waals surface area contributed by atoms with Crippen molar-refractivity contribution in [3.8, 4) is 5.75 Å². The number of amides is 2. The molecule has 1 heterocycles. The predicted molar refractivity (Wildman–Crippen MR) is 129 cm³/mol. The van der Waals surface area contributed by atoms with E-state index in [1.807, 2.05) is 6.07 Å². The second-order valence-electron chi connectivity index (χ2n) is 7.27. The van der Waals surface area contributed by atoms with Crippen molar-refractivity contribution in [2.75, 3.05) is 11.9 Å². The molecule has 0 unspecified atom stereocenters. The van der Waals surface area contributed by atoms with Gasteiger partial charge in [0.1, 0.15) is 5.75 Å². The van der Waals surface area contributed by atoms with E-state index in [9.17, 15) is 22.8 Å². The first-order valence-electron chi connectivity index (χ1n) is 10.3. The van der Waals surface area contributed by atoms with Crippen LogP contribution < -0.4 is 15.4 Å². The first-order chi connectivity index (χ1) is 16.8. The van der Waals surface area contributed by atoms with Crippen LogP contribution in [-0.4, -0.2) is 23.6 Å². The zero-order valence-corrected chi connectivity index (χ0v) is 18.8. The second kappa shape index (κ2) is 10.5. The molecule has 1 fully saturated rings. The van der Waals surface area contributed by atoms with Crippen LogP contribution in [0.5, 0.6) is 5.75 Å². The van der Waals surface area contributed by atoms with Crippen LogP contribution in [0.2, 0.25) is 0 Å². The maximum Gasteiger partial charge on any atom is 0.416 e. The molecule has 0 aliphatic carbocycles. The van der Waals surface area contributed by atoms with Crippen LogP contribution >= 0.6 is 11.8 Å².